The first-order chi connectivity index (χ1) is 22.6. The maximum absolute atomic E-state index is 13.6. The van der Waals surface area contributed by atoms with Crippen molar-refractivity contribution in [1.29, 1.82) is 0 Å². The summed E-state index contributed by atoms with van der Waals surface area (Å²) in [5, 5.41) is 6.26. The Bertz CT molecular complexity index is 2150. The van der Waals surface area contributed by atoms with Crippen molar-refractivity contribution < 1.29 is 4.39 Å². The maximum atomic E-state index is 13.6. The van der Waals surface area contributed by atoms with Gasteiger partial charge >= 0.3 is 0 Å². The molecule has 5 heterocycles. The Kier molecular flexibility index (Phi) is 6.06. The quantitative estimate of drug-likeness (QED) is 0.230. The predicted octanol–water partition coefficient (Wildman–Crippen LogP) is 7.31. The first-order valence-corrected chi connectivity index (χ1v) is 15.7. The van der Waals surface area contributed by atoms with E-state index in [0.717, 1.165) is 88.8 Å². The van der Waals surface area contributed by atoms with Gasteiger partial charge in [-0.2, -0.15) is 5.10 Å². The van der Waals surface area contributed by atoms with Crippen LogP contribution in [0.25, 0.3) is 16.6 Å². The van der Waals surface area contributed by atoms with E-state index >= 15 is 0 Å². The first kappa shape index (κ1) is 26.7. The molecule has 1 saturated heterocycles. The van der Waals surface area contributed by atoms with E-state index in [2.05, 4.69) is 87.4 Å². The van der Waals surface area contributed by atoms with Crippen molar-refractivity contribution in [3.8, 4) is 5.69 Å². The van der Waals surface area contributed by atoms with Crippen molar-refractivity contribution in [2.45, 2.75) is 13.0 Å². The number of aromatic nitrogens is 3. The third kappa shape index (κ3) is 4.15. The Balaban J connectivity index is 1.22. The minimum atomic E-state index is -0.220. The smallest absolute Gasteiger partial charge is 0.179 e. The minimum Gasteiger partial charge on any atom is -0.368 e. The van der Waals surface area contributed by atoms with Gasteiger partial charge in [-0.05, 0) is 61.5 Å². The molecule has 3 aliphatic rings. The van der Waals surface area contributed by atoms with E-state index < -0.39 is 0 Å². The third-order valence-electron chi connectivity index (χ3n) is 9.31. The Labute approximate surface area is 265 Å². The maximum Gasteiger partial charge on any atom is 0.179 e. The van der Waals surface area contributed by atoms with Gasteiger partial charge in [0.1, 0.15) is 5.82 Å². The lowest BCUT2D eigenvalue weighted by atomic mass is 9.93. The van der Waals surface area contributed by atoms with Gasteiger partial charge in [-0.15, -0.1) is 0 Å². The average molecular weight is 607 g/mol. The lowest BCUT2D eigenvalue weighted by molar-refractivity contribution is 0.389. The number of aliphatic imine (C=N–C) groups is 2. The van der Waals surface area contributed by atoms with E-state index in [9.17, 15) is 4.39 Å². The Hall–Kier alpha value is -5.70. The summed E-state index contributed by atoms with van der Waals surface area (Å²) >= 11 is 0. The summed E-state index contributed by atoms with van der Waals surface area (Å²) in [6.45, 7) is 5.18. The number of hydrogen-bond donors (Lipinski definition) is 1. The van der Waals surface area contributed by atoms with Gasteiger partial charge in [0, 0.05) is 60.1 Å². The van der Waals surface area contributed by atoms with Gasteiger partial charge in [0.25, 0.3) is 0 Å². The molecular weight excluding hydrogens is 575 g/mol. The summed E-state index contributed by atoms with van der Waals surface area (Å²) in [5.41, 5.74) is 8.19. The van der Waals surface area contributed by atoms with Crippen molar-refractivity contribution in [3.63, 3.8) is 0 Å². The highest BCUT2D eigenvalue weighted by Crippen LogP contribution is 2.49. The molecule has 226 valence electrons. The summed E-state index contributed by atoms with van der Waals surface area (Å²) in [4.78, 5) is 21.3. The molecule has 0 radical (unpaired) electrons. The topological polar surface area (TPSA) is 68.1 Å². The molecule has 9 rings (SSSR count). The van der Waals surface area contributed by atoms with Crippen LogP contribution < -0.4 is 9.80 Å². The van der Waals surface area contributed by atoms with Crippen LogP contribution in [0.1, 0.15) is 22.9 Å². The highest BCUT2D eigenvalue weighted by Gasteiger charge is 2.43. The molecule has 0 aliphatic carbocycles. The standard InChI is InChI=1S/C37H31FN8/c1-24-33-34(29-23-39-30-12-6-5-11-28(29)30)45-32-14-8-7-13-31(32)40-36(37(45)41-35(33)46(42-24)27-9-3-2-4-10-27)44-21-19-43(20-22-44)26-17-15-25(38)16-18-26/h2-18,23,34,39H,19-22H2,1H3/t34-/m0/s1. The number of aryl methyl sites for hydroxylation is 1. The van der Waals surface area contributed by atoms with Gasteiger partial charge in [-0.25, -0.2) is 19.1 Å². The summed E-state index contributed by atoms with van der Waals surface area (Å²) in [7, 11) is 0. The second-order valence-corrected chi connectivity index (χ2v) is 11.9. The number of hydrogen-bond acceptors (Lipinski definition) is 6. The zero-order valence-corrected chi connectivity index (χ0v) is 25.3. The number of nitrogens with zero attached hydrogens (tertiary/aromatic N) is 7. The van der Waals surface area contributed by atoms with Crippen molar-refractivity contribution in [2.24, 2.45) is 9.98 Å². The van der Waals surface area contributed by atoms with E-state index in [4.69, 9.17) is 15.1 Å². The number of amidine groups is 2. The SMILES string of the molecule is Cc1nn(-c2ccccc2)c2c1[C@H](c1c[nH]c3ccccc13)N1C(=N2)C(N2CCN(c3ccc(F)cc3)CC2)=Nc2ccccc21. The van der Waals surface area contributed by atoms with Gasteiger partial charge in [0.15, 0.2) is 17.5 Å². The van der Waals surface area contributed by atoms with E-state index in [-0.39, 0.29) is 11.9 Å². The van der Waals surface area contributed by atoms with Crippen LogP contribution in [0, 0.1) is 12.7 Å². The fourth-order valence-corrected chi connectivity index (χ4v) is 7.10. The molecule has 0 amide bonds. The molecule has 0 unspecified atom stereocenters. The molecule has 9 heteroatoms. The molecule has 6 aromatic rings. The molecule has 4 aromatic carbocycles. The molecule has 0 spiro atoms. The van der Waals surface area contributed by atoms with Crippen LogP contribution in [-0.4, -0.2) is 57.5 Å². The second-order valence-electron chi connectivity index (χ2n) is 11.9. The van der Waals surface area contributed by atoms with E-state index in [1.807, 2.05) is 41.1 Å². The largest absolute Gasteiger partial charge is 0.368 e. The number of nitrogens with one attached hydrogen (secondary N) is 1. The summed E-state index contributed by atoms with van der Waals surface area (Å²) in [6.07, 6.45) is 2.14. The average Bonchev–Trinajstić information content (AvgIpc) is 3.69. The number of H-pyrrole nitrogens is 1. The van der Waals surface area contributed by atoms with Crippen LogP contribution >= 0.6 is 0 Å². The Morgan fingerprint density at radius 1 is 0.717 bits per heavy atom. The Morgan fingerprint density at radius 2 is 1.43 bits per heavy atom. The molecule has 1 atom stereocenters. The van der Waals surface area contributed by atoms with E-state index in [1.165, 1.54) is 17.5 Å². The van der Waals surface area contributed by atoms with Crippen LogP contribution in [0.2, 0.25) is 0 Å². The highest BCUT2D eigenvalue weighted by atomic mass is 19.1. The summed E-state index contributed by atoms with van der Waals surface area (Å²) in [5.74, 6) is 2.27. The summed E-state index contributed by atoms with van der Waals surface area (Å²) in [6, 6.07) is 33.6. The van der Waals surface area contributed by atoms with Crippen LogP contribution in [-0.2, 0) is 0 Å². The van der Waals surface area contributed by atoms with Gasteiger partial charge < -0.3 is 19.7 Å². The molecule has 1 fully saturated rings. The number of fused-ring (bicyclic) bond motifs is 5. The normalized spacial score (nSPS) is 17.3. The van der Waals surface area contributed by atoms with Gasteiger partial charge in [-0.3, -0.25) is 0 Å². The molecule has 1 N–H and O–H groups in total. The second kappa shape index (κ2) is 10.4. The van der Waals surface area contributed by atoms with Crippen molar-refractivity contribution in [3.05, 3.63) is 132 Å². The number of anilines is 2. The van der Waals surface area contributed by atoms with Crippen molar-refractivity contribution in [2.75, 3.05) is 36.0 Å². The monoisotopic (exact) mass is 606 g/mol. The van der Waals surface area contributed by atoms with E-state index in [1.54, 1.807) is 0 Å². The molecule has 3 aliphatic heterocycles. The number of rotatable bonds is 3. The van der Waals surface area contributed by atoms with Gasteiger partial charge in [0.05, 0.1) is 28.8 Å². The fraction of sp³-hybridized carbons (Fsp3) is 0.162. The lowest BCUT2D eigenvalue weighted by Gasteiger charge is -2.44. The molecule has 46 heavy (non-hydrogen) atoms. The number of halogens is 1. The molecule has 0 bridgehead atoms. The van der Waals surface area contributed by atoms with Crippen LogP contribution in [0.15, 0.2) is 119 Å². The fourth-order valence-electron chi connectivity index (χ4n) is 7.10. The highest BCUT2D eigenvalue weighted by molar-refractivity contribution is 6.48. The number of piperazine rings is 1. The zero-order chi connectivity index (χ0) is 30.8. The number of aromatic amines is 1. The first-order valence-electron chi connectivity index (χ1n) is 15.7. The van der Waals surface area contributed by atoms with Crippen LogP contribution in [0.5, 0.6) is 0 Å². The molecule has 8 nitrogen and oxygen atoms in total. The predicted molar refractivity (Wildman–Crippen MR) is 182 cm³/mol. The van der Waals surface area contributed by atoms with Crippen molar-refractivity contribution in [1.82, 2.24) is 19.7 Å². The number of benzene rings is 4. The third-order valence-corrected chi connectivity index (χ3v) is 9.31. The minimum absolute atomic E-state index is 0.191. The molecule has 2 aromatic heterocycles. The van der Waals surface area contributed by atoms with Crippen molar-refractivity contribution >= 4 is 45.5 Å². The van der Waals surface area contributed by atoms with Gasteiger partial charge in [0.2, 0.25) is 0 Å². The molecular formula is C37H31FN8. The summed E-state index contributed by atoms with van der Waals surface area (Å²) < 4.78 is 15.6. The Morgan fingerprint density at radius 3 is 2.26 bits per heavy atom. The van der Waals surface area contributed by atoms with E-state index in [0.29, 0.717) is 0 Å². The zero-order valence-electron chi connectivity index (χ0n) is 25.3. The molecule has 0 saturated carbocycles. The lowest BCUT2D eigenvalue weighted by Crippen LogP contribution is -2.55. The van der Waals surface area contributed by atoms with Crippen LogP contribution in [0.3, 0.4) is 0 Å². The van der Waals surface area contributed by atoms with Crippen LogP contribution in [0.4, 0.5) is 27.3 Å². The number of para-hydroxylation sites is 4. The van der Waals surface area contributed by atoms with Gasteiger partial charge in [-0.1, -0.05) is 48.5 Å².